The average Bonchev–Trinajstić information content (AvgIpc) is 2.89. The summed E-state index contributed by atoms with van der Waals surface area (Å²) in [5.74, 6) is 0.583. The Morgan fingerprint density at radius 2 is 2.22 bits per heavy atom. The number of aromatic nitrogens is 2. The lowest BCUT2D eigenvalue weighted by Gasteiger charge is -2.10. The number of aromatic amines is 1. The number of hydrogen-bond donors (Lipinski definition) is 3. The molecule has 1 aliphatic rings. The summed E-state index contributed by atoms with van der Waals surface area (Å²) in [7, 11) is -3.43. The number of sulfonamides is 1. The molecule has 6 nitrogen and oxygen atoms in total. The Morgan fingerprint density at radius 3 is 2.78 bits per heavy atom. The van der Waals surface area contributed by atoms with Crippen molar-refractivity contribution in [3.05, 3.63) is 11.4 Å². The number of rotatable bonds is 5. The van der Waals surface area contributed by atoms with Crippen LogP contribution in [0, 0.1) is 19.8 Å². The van der Waals surface area contributed by atoms with Crippen molar-refractivity contribution in [1.29, 1.82) is 0 Å². The van der Waals surface area contributed by atoms with Gasteiger partial charge in [-0.25, -0.2) is 13.1 Å². The smallest absolute Gasteiger partial charge is 0.244 e. The zero-order valence-electron chi connectivity index (χ0n) is 10.8. The Labute approximate surface area is 108 Å². The van der Waals surface area contributed by atoms with Crippen LogP contribution in [0.4, 0.5) is 0 Å². The summed E-state index contributed by atoms with van der Waals surface area (Å²) in [4.78, 5) is 0.284. The van der Waals surface area contributed by atoms with Gasteiger partial charge in [0.25, 0.3) is 0 Å². The van der Waals surface area contributed by atoms with Crippen LogP contribution in [0.3, 0.4) is 0 Å². The van der Waals surface area contributed by atoms with Crippen LogP contribution >= 0.6 is 0 Å². The van der Waals surface area contributed by atoms with Crippen molar-refractivity contribution in [1.82, 2.24) is 20.2 Å². The SMILES string of the molecule is Cc1n[nH]c(C)c1S(=O)(=O)NCCC1CCNC1. The molecule has 1 fully saturated rings. The van der Waals surface area contributed by atoms with Gasteiger partial charge >= 0.3 is 0 Å². The van der Waals surface area contributed by atoms with Gasteiger partial charge in [0.05, 0.1) is 11.4 Å². The van der Waals surface area contributed by atoms with Crippen molar-refractivity contribution < 1.29 is 8.42 Å². The third kappa shape index (κ3) is 2.90. The molecule has 7 heteroatoms. The van der Waals surface area contributed by atoms with E-state index in [9.17, 15) is 8.42 Å². The molecule has 1 aromatic rings. The normalized spacial score (nSPS) is 20.4. The molecule has 2 heterocycles. The molecular formula is C11H20N4O2S. The van der Waals surface area contributed by atoms with Crippen molar-refractivity contribution in [2.75, 3.05) is 19.6 Å². The van der Waals surface area contributed by atoms with Crippen LogP contribution in [0.1, 0.15) is 24.2 Å². The summed E-state index contributed by atoms with van der Waals surface area (Å²) >= 11 is 0. The van der Waals surface area contributed by atoms with Gasteiger partial charge in [-0.2, -0.15) is 5.10 Å². The van der Waals surface area contributed by atoms with E-state index in [1.54, 1.807) is 13.8 Å². The van der Waals surface area contributed by atoms with Gasteiger partial charge in [-0.15, -0.1) is 0 Å². The molecule has 0 spiro atoms. The fourth-order valence-corrected chi connectivity index (χ4v) is 3.78. The molecule has 1 aromatic heterocycles. The Bertz CT molecular complexity index is 484. The second-order valence-corrected chi connectivity index (χ2v) is 6.51. The molecule has 18 heavy (non-hydrogen) atoms. The topological polar surface area (TPSA) is 86.9 Å². The number of hydrogen-bond acceptors (Lipinski definition) is 4. The van der Waals surface area contributed by atoms with E-state index in [1.165, 1.54) is 0 Å². The Morgan fingerprint density at radius 1 is 1.44 bits per heavy atom. The van der Waals surface area contributed by atoms with E-state index in [0.29, 0.717) is 23.9 Å². The van der Waals surface area contributed by atoms with Crippen molar-refractivity contribution in [3.8, 4) is 0 Å². The van der Waals surface area contributed by atoms with Crippen LogP contribution in [-0.2, 0) is 10.0 Å². The molecule has 102 valence electrons. The first-order valence-electron chi connectivity index (χ1n) is 6.22. The maximum Gasteiger partial charge on any atom is 0.244 e. The van der Waals surface area contributed by atoms with E-state index < -0.39 is 10.0 Å². The first-order chi connectivity index (χ1) is 8.50. The zero-order valence-corrected chi connectivity index (χ0v) is 11.6. The van der Waals surface area contributed by atoms with E-state index in [2.05, 4.69) is 20.2 Å². The maximum absolute atomic E-state index is 12.1. The number of nitrogens with one attached hydrogen (secondary N) is 3. The van der Waals surface area contributed by atoms with Gasteiger partial charge in [0.1, 0.15) is 4.90 Å². The fraction of sp³-hybridized carbons (Fsp3) is 0.727. The Kier molecular flexibility index (Phi) is 4.04. The molecule has 0 saturated carbocycles. The first kappa shape index (κ1) is 13.5. The molecule has 0 radical (unpaired) electrons. The molecule has 3 N–H and O–H groups in total. The standard InChI is InChI=1S/C11H20N4O2S/c1-8-11(9(2)15-14-8)18(16,17)13-6-4-10-3-5-12-7-10/h10,12-13H,3-7H2,1-2H3,(H,14,15). The third-order valence-electron chi connectivity index (χ3n) is 3.34. The highest BCUT2D eigenvalue weighted by Gasteiger charge is 2.22. The number of H-pyrrole nitrogens is 1. The van der Waals surface area contributed by atoms with E-state index in [-0.39, 0.29) is 4.90 Å². The van der Waals surface area contributed by atoms with Gasteiger partial charge in [-0.05, 0) is 45.7 Å². The lowest BCUT2D eigenvalue weighted by atomic mass is 10.1. The van der Waals surface area contributed by atoms with Crippen molar-refractivity contribution >= 4 is 10.0 Å². The fourth-order valence-electron chi connectivity index (χ4n) is 2.37. The highest BCUT2D eigenvalue weighted by molar-refractivity contribution is 7.89. The zero-order chi connectivity index (χ0) is 13.2. The molecule has 2 rings (SSSR count). The van der Waals surface area contributed by atoms with Crippen molar-refractivity contribution in [2.24, 2.45) is 5.92 Å². The lowest BCUT2D eigenvalue weighted by molar-refractivity contribution is 0.519. The molecule has 0 amide bonds. The van der Waals surface area contributed by atoms with Gasteiger partial charge in [-0.3, -0.25) is 5.10 Å². The Balaban J connectivity index is 1.95. The van der Waals surface area contributed by atoms with E-state index in [4.69, 9.17) is 0 Å². The minimum Gasteiger partial charge on any atom is -0.316 e. The summed E-state index contributed by atoms with van der Waals surface area (Å²) in [6.45, 7) is 5.93. The van der Waals surface area contributed by atoms with Gasteiger partial charge < -0.3 is 5.32 Å². The highest BCUT2D eigenvalue weighted by atomic mass is 32.2. The van der Waals surface area contributed by atoms with Crippen LogP contribution in [-0.4, -0.2) is 38.2 Å². The monoisotopic (exact) mass is 272 g/mol. The summed E-state index contributed by atoms with van der Waals surface area (Å²) < 4.78 is 26.9. The molecule has 0 aromatic carbocycles. The van der Waals surface area contributed by atoms with Gasteiger partial charge in [0, 0.05) is 6.54 Å². The summed E-state index contributed by atoms with van der Waals surface area (Å²) in [5.41, 5.74) is 1.10. The largest absolute Gasteiger partial charge is 0.316 e. The van der Waals surface area contributed by atoms with Gasteiger partial charge in [-0.1, -0.05) is 0 Å². The molecule has 1 atom stereocenters. The van der Waals surface area contributed by atoms with Crippen molar-refractivity contribution in [2.45, 2.75) is 31.6 Å². The van der Waals surface area contributed by atoms with Crippen LogP contribution < -0.4 is 10.0 Å². The van der Waals surface area contributed by atoms with Crippen LogP contribution in [0.5, 0.6) is 0 Å². The second-order valence-electron chi connectivity index (χ2n) is 4.81. The first-order valence-corrected chi connectivity index (χ1v) is 7.71. The summed E-state index contributed by atoms with van der Waals surface area (Å²) in [6, 6.07) is 0. The number of aryl methyl sites for hydroxylation is 2. The number of nitrogens with zero attached hydrogens (tertiary/aromatic N) is 1. The summed E-state index contributed by atoms with van der Waals surface area (Å²) in [5, 5.41) is 9.88. The van der Waals surface area contributed by atoms with E-state index in [0.717, 1.165) is 25.9 Å². The van der Waals surface area contributed by atoms with E-state index >= 15 is 0 Å². The quantitative estimate of drug-likeness (QED) is 0.719. The third-order valence-corrected chi connectivity index (χ3v) is 5.06. The highest BCUT2D eigenvalue weighted by Crippen LogP contribution is 2.17. The van der Waals surface area contributed by atoms with E-state index in [1.807, 2.05) is 0 Å². The molecular weight excluding hydrogens is 252 g/mol. The maximum atomic E-state index is 12.1. The predicted molar refractivity (Wildman–Crippen MR) is 68.8 cm³/mol. The lowest BCUT2D eigenvalue weighted by Crippen LogP contribution is -2.27. The molecule has 1 aliphatic heterocycles. The van der Waals surface area contributed by atoms with Crippen molar-refractivity contribution in [3.63, 3.8) is 0 Å². The molecule has 0 aliphatic carbocycles. The summed E-state index contributed by atoms with van der Waals surface area (Å²) in [6.07, 6.45) is 2.01. The molecule has 1 unspecified atom stereocenters. The molecule has 1 saturated heterocycles. The van der Waals surface area contributed by atoms with Gasteiger partial charge in [0.2, 0.25) is 10.0 Å². The predicted octanol–water partition coefficient (Wildman–Crippen LogP) is 0.304. The minimum absolute atomic E-state index is 0.284. The van der Waals surface area contributed by atoms with Crippen LogP contribution in [0.2, 0.25) is 0 Å². The van der Waals surface area contributed by atoms with Crippen LogP contribution in [0.25, 0.3) is 0 Å². The van der Waals surface area contributed by atoms with Gasteiger partial charge in [0.15, 0.2) is 0 Å². The minimum atomic E-state index is -3.43. The molecule has 0 bridgehead atoms. The van der Waals surface area contributed by atoms with Crippen LogP contribution in [0.15, 0.2) is 4.90 Å². The second kappa shape index (κ2) is 5.38. The average molecular weight is 272 g/mol. The Hall–Kier alpha value is -0.920.